The molecule has 2 N–H and O–H groups in total. The van der Waals surface area contributed by atoms with Crippen LogP contribution in [0.5, 0.6) is 11.5 Å². The minimum Gasteiger partial charge on any atom is -0.493 e. The summed E-state index contributed by atoms with van der Waals surface area (Å²) in [5.74, 6) is 6.91. The van der Waals surface area contributed by atoms with Crippen LogP contribution in [0.15, 0.2) is 53.6 Å². The molecule has 4 heteroatoms. The first-order valence-electron chi connectivity index (χ1n) is 7.39. The van der Waals surface area contributed by atoms with E-state index >= 15 is 0 Å². The van der Waals surface area contributed by atoms with E-state index in [2.05, 4.69) is 36.3 Å². The molecule has 0 aliphatic carbocycles. The van der Waals surface area contributed by atoms with Crippen LogP contribution in [0.4, 0.5) is 0 Å². The van der Waals surface area contributed by atoms with Crippen LogP contribution in [0.25, 0.3) is 6.08 Å². The summed E-state index contributed by atoms with van der Waals surface area (Å²) >= 11 is 0. The Labute approximate surface area is 137 Å². The fourth-order valence-corrected chi connectivity index (χ4v) is 2.29. The highest BCUT2D eigenvalue weighted by molar-refractivity contribution is 5.99. The Kier molecular flexibility index (Phi) is 5.80. The predicted octanol–water partition coefficient (Wildman–Crippen LogP) is 3.58. The summed E-state index contributed by atoms with van der Waals surface area (Å²) in [6.45, 7) is 2.07. The van der Waals surface area contributed by atoms with Gasteiger partial charge in [-0.15, -0.1) is 0 Å². The van der Waals surface area contributed by atoms with Gasteiger partial charge in [-0.05, 0) is 30.7 Å². The van der Waals surface area contributed by atoms with E-state index in [4.69, 9.17) is 15.3 Å². The van der Waals surface area contributed by atoms with E-state index in [0.717, 1.165) is 11.3 Å². The number of methoxy groups -OCH3 is 2. The average molecular weight is 310 g/mol. The first-order valence-corrected chi connectivity index (χ1v) is 7.39. The van der Waals surface area contributed by atoms with Gasteiger partial charge in [0, 0.05) is 12.0 Å². The zero-order valence-corrected chi connectivity index (χ0v) is 13.7. The number of allylic oxidation sites excluding steroid dienone is 1. The highest BCUT2D eigenvalue weighted by atomic mass is 16.5. The topological polar surface area (TPSA) is 56.8 Å². The van der Waals surface area contributed by atoms with Crippen molar-refractivity contribution in [2.75, 3.05) is 14.2 Å². The lowest BCUT2D eigenvalue weighted by Crippen LogP contribution is -2.03. The lowest BCUT2D eigenvalue weighted by atomic mass is 10.1. The Balaban J connectivity index is 2.19. The van der Waals surface area contributed by atoms with Crippen molar-refractivity contribution < 1.29 is 9.47 Å². The van der Waals surface area contributed by atoms with Crippen molar-refractivity contribution in [3.05, 3.63) is 65.2 Å². The molecule has 0 saturated heterocycles. The standard InChI is InChI=1S/C19H22N2O2/c1-14-7-9-15(10-8-14)13-17(21-20)12-11-16-5-4-6-18(22-2)19(16)23-3/h4-12H,13,20H2,1-3H3/b12-11+,21-17+. The predicted molar refractivity (Wildman–Crippen MR) is 95.1 cm³/mol. The molecular weight excluding hydrogens is 288 g/mol. The number of nitrogens with zero attached hydrogens (tertiary/aromatic N) is 1. The van der Waals surface area contributed by atoms with Crippen LogP contribution in [0.1, 0.15) is 16.7 Å². The maximum atomic E-state index is 5.52. The van der Waals surface area contributed by atoms with Crippen molar-refractivity contribution in [2.24, 2.45) is 10.9 Å². The van der Waals surface area contributed by atoms with Gasteiger partial charge < -0.3 is 15.3 Å². The summed E-state index contributed by atoms with van der Waals surface area (Å²) in [6, 6.07) is 14.1. The molecule has 0 aromatic heterocycles. The Morgan fingerprint density at radius 3 is 2.43 bits per heavy atom. The van der Waals surface area contributed by atoms with E-state index in [9.17, 15) is 0 Å². The van der Waals surface area contributed by atoms with E-state index in [1.165, 1.54) is 11.1 Å². The molecule has 0 heterocycles. The summed E-state index contributed by atoms with van der Waals surface area (Å²) in [4.78, 5) is 0. The number of hydrazone groups is 1. The Hall–Kier alpha value is -2.75. The second kappa shape index (κ2) is 8.03. The fraction of sp³-hybridized carbons (Fsp3) is 0.211. The van der Waals surface area contributed by atoms with Gasteiger partial charge in [-0.1, -0.05) is 42.0 Å². The SMILES string of the molecule is COc1cccc(/C=C/C(Cc2ccc(C)cc2)=N\N)c1OC. The van der Waals surface area contributed by atoms with Gasteiger partial charge in [0.25, 0.3) is 0 Å². The first-order chi connectivity index (χ1) is 11.2. The second-order valence-corrected chi connectivity index (χ2v) is 5.20. The summed E-state index contributed by atoms with van der Waals surface area (Å²) in [5.41, 5.74) is 4.11. The Morgan fingerprint density at radius 2 is 1.83 bits per heavy atom. The molecule has 0 radical (unpaired) electrons. The highest BCUT2D eigenvalue weighted by Gasteiger charge is 2.07. The Bertz CT molecular complexity index is 704. The number of rotatable bonds is 6. The van der Waals surface area contributed by atoms with Crippen LogP contribution >= 0.6 is 0 Å². The maximum absolute atomic E-state index is 5.52. The summed E-state index contributed by atoms with van der Waals surface area (Å²) in [6.07, 6.45) is 4.51. The Morgan fingerprint density at radius 1 is 1.09 bits per heavy atom. The van der Waals surface area contributed by atoms with Gasteiger partial charge in [0.05, 0.1) is 19.9 Å². The lowest BCUT2D eigenvalue weighted by Gasteiger charge is -2.10. The van der Waals surface area contributed by atoms with Crippen molar-refractivity contribution in [3.8, 4) is 11.5 Å². The van der Waals surface area contributed by atoms with E-state index < -0.39 is 0 Å². The number of nitrogens with two attached hydrogens (primary N) is 1. The van der Waals surface area contributed by atoms with Crippen molar-refractivity contribution >= 4 is 11.8 Å². The normalized spacial score (nSPS) is 11.7. The van der Waals surface area contributed by atoms with Gasteiger partial charge in [-0.3, -0.25) is 0 Å². The molecule has 0 unspecified atom stereocenters. The molecular formula is C19H22N2O2. The van der Waals surface area contributed by atoms with Crippen molar-refractivity contribution in [1.29, 1.82) is 0 Å². The third-order valence-electron chi connectivity index (χ3n) is 3.56. The summed E-state index contributed by atoms with van der Waals surface area (Å²) in [5, 5.41) is 3.88. The number of hydrogen-bond donors (Lipinski definition) is 1. The number of ether oxygens (including phenoxy) is 2. The van der Waals surface area contributed by atoms with Crippen LogP contribution in [0.2, 0.25) is 0 Å². The number of benzene rings is 2. The van der Waals surface area contributed by atoms with Crippen LogP contribution in [0, 0.1) is 6.92 Å². The van der Waals surface area contributed by atoms with Crippen molar-refractivity contribution in [3.63, 3.8) is 0 Å². The largest absolute Gasteiger partial charge is 0.493 e. The van der Waals surface area contributed by atoms with E-state index in [1.807, 2.05) is 30.4 Å². The van der Waals surface area contributed by atoms with Crippen molar-refractivity contribution in [2.45, 2.75) is 13.3 Å². The van der Waals surface area contributed by atoms with Gasteiger partial charge in [0.15, 0.2) is 11.5 Å². The van der Waals surface area contributed by atoms with E-state index in [1.54, 1.807) is 14.2 Å². The molecule has 2 aromatic carbocycles. The number of para-hydroxylation sites is 1. The molecule has 0 aliphatic heterocycles. The molecule has 0 spiro atoms. The quantitative estimate of drug-likeness (QED) is 0.504. The smallest absolute Gasteiger partial charge is 0.167 e. The summed E-state index contributed by atoms with van der Waals surface area (Å²) in [7, 11) is 3.24. The molecule has 2 aromatic rings. The fourth-order valence-electron chi connectivity index (χ4n) is 2.29. The van der Waals surface area contributed by atoms with Gasteiger partial charge >= 0.3 is 0 Å². The monoisotopic (exact) mass is 310 g/mol. The number of hydrogen-bond acceptors (Lipinski definition) is 4. The highest BCUT2D eigenvalue weighted by Crippen LogP contribution is 2.31. The molecule has 4 nitrogen and oxygen atoms in total. The molecule has 23 heavy (non-hydrogen) atoms. The van der Waals surface area contributed by atoms with E-state index in [0.29, 0.717) is 17.9 Å². The van der Waals surface area contributed by atoms with Crippen LogP contribution in [-0.4, -0.2) is 19.9 Å². The van der Waals surface area contributed by atoms with Crippen molar-refractivity contribution in [1.82, 2.24) is 0 Å². The first kappa shape index (κ1) is 16.6. The summed E-state index contributed by atoms with van der Waals surface area (Å²) < 4.78 is 10.7. The minimum atomic E-state index is 0.680. The zero-order chi connectivity index (χ0) is 16.7. The molecule has 0 bridgehead atoms. The van der Waals surface area contributed by atoms with Crippen LogP contribution < -0.4 is 15.3 Å². The number of aryl methyl sites for hydroxylation is 1. The minimum absolute atomic E-state index is 0.680. The molecule has 0 amide bonds. The average Bonchev–Trinajstić information content (AvgIpc) is 2.59. The lowest BCUT2D eigenvalue weighted by molar-refractivity contribution is 0.354. The third-order valence-corrected chi connectivity index (χ3v) is 3.56. The molecule has 0 saturated carbocycles. The van der Waals surface area contributed by atoms with Gasteiger partial charge in [-0.25, -0.2) is 0 Å². The molecule has 2 rings (SSSR count). The van der Waals surface area contributed by atoms with Crippen LogP contribution in [-0.2, 0) is 6.42 Å². The molecule has 0 atom stereocenters. The van der Waals surface area contributed by atoms with E-state index in [-0.39, 0.29) is 0 Å². The molecule has 0 aliphatic rings. The van der Waals surface area contributed by atoms with Gasteiger partial charge in [0.2, 0.25) is 0 Å². The zero-order valence-electron chi connectivity index (χ0n) is 13.7. The van der Waals surface area contributed by atoms with Gasteiger partial charge in [-0.2, -0.15) is 5.10 Å². The molecule has 120 valence electrons. The van der Waals surface area contributed by atoms with Crippen LogP contribution in [0.3, 0.4) is 0 Å². The van der Waals surface area contributed by atoms with Gasteiger partial charge in [0.1, 0.15) is 0 Å². The maximum Gasteiger partial charge on any atom is 0.167 e. The third kappa shape index (κ3) is 4.36. The molecule has 0 fully saturated rings. The second-order valence-electron chi connectivity index (χ2n) is 5.20.